The fourth-order valence-corrected chi connectivity index (χ4v) is 1.75. The number of aliphatic imine (C=N–C) groups is 1. The normalized spacial score (nSPS) is 11.9. The molecule has 22 heavy (non-hydrogen) atoms. The average Bonchev–Trinajstić information content (AvgIpc) is 2.41. The van der Waals surface area contributed by atoms with Gasteiger partial charge in [0.1, 0.15) is 5.75 Å². The molecule has 0 saturated heterocycles. The third kappa shape index (κ3) is 6.29. The van der Waals surface area contributed by atoms with E-state index in [-0.39, 0.29) is 47.9 Å². The van der Waals surface area contributed by atoms with Gasteiger partial charge in [0.15, 0.2) is 5.96 Å². The highest BCUT2D eigenvalue weighted by molar-refractivity contribution is 14.0. The second-order valence-electron chi connectivity index (χ2n) is 4.75. The standard InChI is InChI=1S/C14H20F3N3O.HI/c1-9(2)20-13(18-3)19-8-10-5-6-11(21-4)7-12(10)14(15,16)17;/h5-7,9H,8H2,1-4H3,(H2,18,19,20);1H. The summed E-state index contributed by atoms with van der Waals surface area (Å²) in [7, 11) is 2.90. The molecule has 126 valence electrons. The van der Waals surface area contributed by atoms with Crippen molar-refractivity contribution in [3.05, 3.63) is 29.3 Å². The van der Waals surface area contributed by atoms with Crippen molar-refractivity contribution in [1.82, 2.24) is 10.6 Å². The summed E-state index contributed by atoms with van der Waals surface area (Å²) in [4.78, 5) is 3.96. The van der Waals surface area contributed by atoms with Gasteiger partial charge in [-0.2, -0.15) is 13.2 Å². The molecule has 1 rings (SSSR count). The first kappa shape index (κ1) is 20.8. The van der Waals surface area contributed by atoms with Crippen LogP contribution in [0.4, 0.5) is 13.2 Å². The third-order valence-electron chi connectivity index (χ3n) is 2.72. The average molecular weight is 431 g/mol. The first-order valence-electron chi connectivity index (χ1n) is 6.49. The molecule has 0 aromatic heterocycles. The van der Waals surface area contributed by atoms with Crippen LogP contribution in [0, 0.1) is 0 Å². The maximum atomic E-state index is 13.1. The summed E-state index contributed by atoms with van der Waals surface area (Å²) in [5.74, 6) is 0.629. The lowest BCUT2D eigenvalue weighted by molar-refractivity contribution is -0.138. The van der Waals surface area contributed by atoms with Crippen LogP contribution >= 0.6 is 24.0 Å². The van der Waals surface area contributed by atoms with Crippen molar-refractivity contribution >= 4 is 29.9 Å². The second-order valence-corrected chi connectivity index (χ2v) is 4.75. The van der Waals surface area contributed by atoms with Crippen molar-refractivity contribution in [2.24, 2.45) is 4.99 Å². The lowest BCUT2D eigenvalue weighted by Crippen LogP contribution is -2.40. The molecule has 0 fully saturated rings. The van der Waals surface area contributed by atoms with E-state index in [1.54, 1.807) is 7.05 Å². The second kappa shape index (κ2) is 9.06. The van der Waals surface area contributed by atoms with Gasteiger partial charge in [0.05, 0.1) is 12.7 Å². The zero-order chi connectivity index (χ0) is 16.0. The van der Waals surface area contributed by atoms with E-state index in [9.17, 15) is 13.2 Å². The Morgan fingerprint density at radius 2 is 1.95 bits per heavy atom. The van der Waals surface area contributed by atoms with Gasteiger partial charge >= 0.3 is 6.18 Å². The summed E-state index contributed by atoms with van der Waals surface area (Å²) < 4.78 is 44.0. The number of halogens is 4. The minimum atomic E-state index is -4.43. The molecule has 0 aliphatic carbocycles. The maximum Gasteiger partial charge on any atom is 0.416 e. The molecule has 0 aliphatic rings. The van der Waals surface area contributed by atoms with Crippen LogP contribution < -0.4 is 15.4 Å². The topological polar surface area (TPSA) is 45.7 Å². The Morgan fingerprint density at radius 3 is 2.41 bits per heavy atom. The number of benzene rings is 1. The molecule has 4 nitrogen and oxygen atoms in total. The number of guanidine groups is 1. The summed E-state index contributed by atoms with van der Waals surface area (Å²) in [5, 5.41) is 5.88. The van der Waals surface area contributed by atoms with Crippen molar-refractivity contribution in [3.8, 4) is 5.75 Å². The van der Waals surface area contributed by atoms with Gasteiger partial charge in [0, 0.05) is 19.6 Å². The minimum absolute atomic E-state index is 0. The van der Waals surface area contributed by atoms with Crippen LogP contribution in [0.15, 0.2) is 23.2 Å². The van der Waals surface area contributed by atoms with Crippen molar-refractivity contribution < 1.29 is 17.9 Å². The molecule has 8 heteroatoms. The zero-order valence-corrected chi connectivity index (χ0v) is 15.2. The summed E-state index contributed by atoms with van der Waals surface area (Å²) in [6, 6.07) is 4.03. The number of nitrogens with one attached hydrogen (secondary N) is 2. The number of alkyl halides is 3. The zero-order valence-electron chi connectivity index (χ0n) is 12.9. The minimum Gasteiger partial charge on any atom is -0.497 e. The lowest BCUT2D eigenvalue weighted by atomic mass is 10.1. The number of hydrogen-bond acceptors (Lipinski definition) is 2. The molecule has 2 N–H and O–H groups in total. The highest BCUT2D eigenvalue weighted by Crippen LogP contribution is 2.34. The van der Waals surface area contributed by atoms with Crippen molar-refractivity contribution in [1.29, 1.82) is 0 Å². The Morgan fingerprint density at radius 1 is 1.32 bits per heavy atom. The van der Waals surface area contributed by atoms with E-state index < -0.39 is 11.7 Å². The molecule has 1 aromatic carbocycles. The van der Waals surface area contributed by atoms with Gasteiger partial charge in [0.25, 0.3) is 0 Å². The molecule has 1 aromatic rings. The van der Waals surface area contributed by atoms with Crippen LogP contribution in [0.1, 0.15) is 25.0 Å². The lowest BCUT2D eigenvalue weighted by Gasteiger charge is -2.17. The first-order valence-corrected chi connectivity index (χ1v) is 6.49. The number of methoxy groups -OCH3 is 1. The molecule has 0 aliphatic heterocycles. The molecule has 0 unspecified atom stereocenters. The van der Waals surface area contributed by atoms with E-state index in [1.807, 2.05) is 13.8 Å². The summed E-state index contributed by atoms with van der Waals surface area (Å²) >= 11 is 0. The molecular weight excluding hydrogens is 410 g/mol. The van der Waals surface area contributed by atoms with Gasteiger partial charge in [-0.15, -0.1) is 24.0 Å². The van der Waals surface area contributed by atoms with Crippen molar-refractivity contribution in [2.45, 2.75) is 32.6 Å². The highest BCUT2D eigenvalue weighted by Gasteiger charge is 2.33. The Kier molecular flexibility index (Phi) is 8.57. The van der Waals surface area contributed by atoms with Crippen LogP contribution in [0.5, 0.6) is 5.75 Å². The van der Waals surface area contributed by atoms with Gasteiger partial charge in [-0.25, -0.2) is 0 Å². The van der Waals surface area contributed by atoms with Gasteiger partial charge in [-0.1, -0.05) is 6.07 Å². The largest absolute Gasteiger partial charge is 0.497 e. The highest BCUT2D eigenvalue weighted by atomic mass is 127. The smallest absolute Gasteiger partial charge is 0.416 e. The summed E-state index contributed by atoms with van der Waals surface area (Å²) in [6.45, 7) is 3.86. The summed E-state index contributed by atoms with van der Waals surface area (Å²) in [6.07, 6.45) is -4.43. The SMILES string of the molecule is CN=C(NCc1ccc(OC)cc1C(F)(F)F)NC(C)C.I. The van der Waals surface area contributed by atoms with E-state index in [0.29, 0.717) is 5.96 Å². The molecule has 0 spiro atoms. The molecule has 0 amide bonds. The molecule has 0 heterocycles. The van der Waals surface area contributed by atoms with Gasteiger partial charge in [0.2, 0.25) is 0 Å². The molecular formula is C14H21F3IN3O. The molecule has 0 atom stereocenters. The maximum absolute atomic E-state index is 13.1. The Bertz CT molecular complexity index is 505. The fraction of sp³-hybridized carbons (Fsp3) is 0.500. The number of nitrogens with zero attached hydrogens (tertiary/aromatic N) is 1. The van der Waals surface area contributed by atoms with Crippen LogP contribution in [-0.2, 0) is 12.7 Å². The quantitative estimate of drug-likeness (QED) is 0.437. The Hall–Kier alpha value is -1.19. The van der Waals surface area contributed by atoms with E-state index in [0.717, 1.165) is 6.07 Å². The first-order chi connectivity index (χ1) is 9.77. The van der Waals surface area contributed by atoms with Gasteiger partial charge in [-0.05, 0) is 31.5 Å². The van der Waals surface area contributed by atoms with Crippen LogP contribution in [0.3, 0.4) is 0 Å². The van der Waals surface area contributed by atoms with Crippen molar-refractivity contribution in [2.75, 3.05) is 14.2 Å². The van der Waals surface area contributed by atoms with Gasteiger partial charge in [-0.3, -0.25) is 4.99 Å². The monoisotopic (exact) mass is 431 g/mol. The van der Waals surface area contributed by atoms with Crippen LogP contribution in [0.25, 0.3) is 0 Å². The van der Waals surface area contributed by atoms with E-state index in [2.05, 4.69) is 15.6 Å². The fourth-order valence-electron chi connectivity index (χ4n) is 1.75. The molecule has 0 radical (unpaired) electrons. The number of hydrogen-bond donors (Lipinski definition) is 2. The van der Waals surface area contributed by atoms with Crippen LogP contribution in [0.2, 0.25) is 0 Å². The number of ether oxygens (including phenoxy) is 1. The van der Waals surface area contributed by atoms with E-state index >= 15 is 0 Å². The Labute approximate surface area is 145 Å². The molecule has 0 saturated carbocycles. The third-order valence-corrected chi connectivity index (χ3v) is 2.72. The van der Waals surface area contributed by atoms with Gasteiger partial charge < -0.3 is 15.4 Å². The summed E-state index contributed by atoms with van der Waals surface area (Å²) in [5.41, 5.74) is -0.579. The predicted octanol–water partition coefficient (Wildman–Crippen LogP) is 3.41. The van der Waals surface area contributed by atoms with Crippen molar-refractivity contribution in [3.63, 3.8) is 0 Å². The van der Waals surface area contributed by atoms with E-state index in [4.69, 9.17) is 4.74 Å². The predicted molar refractivity (Wildman–Crippen MR) is 91.9 cm³/mol. The van der Waals surface area contributed by atoms with E-state index in [1.165, 1.54) is 19.2 Å². The number of rotatable bonds is 4. The van der Waals surface area contributed by atoms with Crippen LogP contribution in [-0.4, -0.2) is 26.2 Å². The Balaban J connectivity index is 0.00000441. The molecule has 0 bridgehead atoms.